The molecule has 1 saturated carbocycles. The summed E-state index contributed by atoms with van der Waals surface area (Å²) in [5.74, 6) is 3.09. The fraction of sp³-hybridized carbons (Fsp3) is 0.409. The van der Waals surface area contributed by atoms with E-state index in [1.165, 1.54) is 22.9 Å². The van der Waals surface area contributed by atoms with Gasteiger partial charge in [0.15, 0.2) is 0 Å². The minimum absolute atomic E-state index is 0.275. The molecular weight excluding hydrogens is 328 g/mol. The molecule has 2 fully saturated rings. The molecule has 2 nitrogen and oxygen atoms in total. The van der Waals surface area contributed by atoms with Crippen LogP contribution < -0.4 is 0 Å². The number of carbonyl (C=O) groups excluding carboxylic acids is 1. The van der Waals surface area contributed by atoms with Crippen LogP contribution in [0.15, 0.2) is 58.7 Å². The predicted octanol–water partition coefficient (Wildman–Crippen LogP) is 5.28. The Morgan fingerprint density at radius 2 is 2.04 bits per heavy atom. The summed E-state index contributed by atoms with van der Waals surface area (Å²) in [5.41, 5.74) is 3.87. The summed E-state index contributed by atoms with van der Waals surface area (Å²) in [6, 6.07) is 12.6. The summed E-state index contributed by atoms with van der Waals surface area (Å²) in [5, 5.41) is 0.287. The molecule has 2 atom stereocenters. The molecule has 0 spiro atoms. The van der Waals surface area contributed by atoms with Crippen LogP contribution in [-0.2, 0) is 17.6 Å². The Morgan fingerprint density at radius 3 is 2.76 bits per heavy atom. The number of thioether (sulfide) groups is 1. The largest absolute Gasteiger partial charge is 0.469 e. The molecule has 0 N–H and O–H groups in total. The van der Waals surface area contributed by atoms with Gasteiger partial charge in [-0.1, -0.05) is 62.0 Å². The van der Waals surface area contributed by atoms with E-state index in [2.05, 4.69) is 50.3 Å². The molecule has 1 aromatic heterocycles. The van der Waals surface area contributed by atoms with E-state index < -0.39 is 0 Å². The molecule has 4 rings (SSSR count). The first-order valence-electron chi connectivity index (χ1n) is 9.02. The van der Waals surface area contributed by atoms with Gasteiger partial charge < -0.3 is 4.42 Å². The van der Waals surface area contributed by atoms with E-state index in [0.29, 0.717) is 11.8 Å². The summed E-state index contributed by atoms with van der Waals surface area (Å²) in [4.78, 5) is 11.9. The lowest BCUT2D eigenvalue weighted by atomic mass is 10.0. The maximum absolute atomic E-state index is 11.9. The van der Waals surface area contributed by atoms with Crippen molar-refractivity contribution in [3.05, 3.63) is 71.2 Å². The number of benzene rings is 1. The van der Waals surface area contributed by atoms with Gasteiger partial charge in [-0.15, -0.1) is 0 Å². The zero-order valence-corrected chi connectivity index (χ0v) is 15.6. The normalized spacial score (nSPS) is 26.3. The van der Waals surface area contributed by atoms with Gasteiger partial charge in [-0.25, -0.2) is 0 Å². The van der Waals surface area contributed by atoms with Crippen LogP contribution in [0.3, 0.4) is 0 Å². The lowest BCUT2D eigenvalue weighted by molar-refractivity contribution is -0.107. The summed E-state index contributed by atoms with van der Waals surface area (Å²) in [6.07, 6.45) is 6.98. The molecular formula is C22H24O2S. The Kier molecular flexibility index (Phi) is 4.36. The maximum Gasteiger partial charge on any atom is 0.215 e. The topological polar surface area (TPSA) is 30.2 Å². The quantitative estimate of drug-likeness (QED) is 0.686. The highest BCUT2D eigenvalue weighted by Crippen LogP contribution is 2.61. The Labute approximate surface area is 153 Å². The second kappa shape index (κ2) is 6.53. The Bertz CT molecular complexity index is 800. The van der Waals surface area contributed by atoms with Crippen LogP contribution in [0.2, 0.25) is 0 Å². The third kappa shape index (κ3) is 3.48. The van der Waals surface area contributed by atoms with Crippen LogP contribution in [0.1, 0.15) is 37.2 Å². The van der Waals surface area contributed by atoms with Crippen LogP contribution in [0.5, 0.6) is 0 Å². The van der Waals surface area contributed by atoms with Crippen molar-refractivity contribution in [3.8, 4) is 0 Å². The monoisotopic (exact) mass is 352 g/mol. The molecule has 3 heteroatoms. The molecule has 0 amide bonds. The zero-order chi connectivity index (χ0) is 17.4. The van der Waals surface area contributed by atoms with Gasteiger partial charge in [-0.3, -0.25) is 4.79 Å². The van der Waals surface area contributed by atoms with Crippen LogP contribution in [-0.4, -0.2) is 10.9 Å². The standard InChI is InChI=1S/C22H24O2S/c1-22(2)19(20(22)13-17-8-9-25-21(17)23)12-16-11-18(24-14-16)10-15-6-4-3-5-7-15/h3-7,11,13-14,19-20H,8-10,12H2,1-2H3/b17-13+/t19-,20+/m1/s1. The molecule has 25 heavy (non-hydrogen) atoms. The van der Waals surface area contributed by atoms with Gasteiger partial charge in [0.05, 0.1) is 6.26 Å². The van der Waals surface area contributed by atoms with E-state index in [-0.39, 0.29) is 10.5 Å². The van der Waals surface area contributed by atoms with Gasteiger partial charge in [-0.05, 0) is 47.3 Å². The molecule has 0 unspecified atom stereocenters. The van der Waals surface area contributed by atoms with Gasteiger partial charge in [0.2, 0.25) is 5.12 Å². The van der Waals surface area contributed by atoms with Crippen molar-refractivity contribution in [1.82, 2.24) is 0 Å². The lowest BCUT2D eigenvalue weighted by Crippen LogP contribution is -1.93. The van der Waals surface area contributed by atoms with Crippen LogP contribution in [0.4, 0.5) is 0 Å². The average molecular weight is 352 g/mol. The number of furan rings is 1. The SMILES string of the molecule is CC1(C)[C@H](Cc2coc(Cc3ccccc3)c2)[C@@H]1/C=C1\CCSC1=O. The van der Waals surface area contributed by atoms with Crippen molar-refractivity contribution in [2.75, 3.05) is 5.75 Å². The molecule has 2 heterocycles. The first-order valence-corrected chi connectivity index (χ1v) is 10.0. The van der Waals surface area contributed by atoms with Gasteiger partial charge in [0.1, 0.15) is 5.76 Å². The fourth-order valence-electron chi connectivity index (χ4n) is 4.00. The number of allylic oxidation sites excluding steroid dienone is 1. The Balaban J connectivity index is 1.42. The highest BCUT2D eigenvalue weighted by Gasteiger charge is 2.56. The molecule has 1 saturated heterocycles. The molecule has 130 valence electrons. The minimum Gasteiger partial charge on any atom is -0.469 e. The number of hydrogen-bond donors (Lipinski definition) is 0. The molecule has 1 aromatic carbocycles. The van der Waals surface area contributed by atoms with E-state index in [1.54, 1.807) is 0 Å². The Hall–Kier alpha value is -1.74. The fourth-order valence-corrected chi connectivity index (χ4v) is 4.86. The smallest absolute Gasteiger partial charge is 0.215 e. The van der Waals surface area contributed by atoms with E-state index in [1.807, 2.05) is 12.3 Å². The van der Waals surface area contributed by atoms with Gasteiger partial charge in [0.25, 0.3) is 0 Å². The first-order chi connectivity index (χ1) is 12.0. The molecule has 2 aliphatic rings. The summed E-state index contributed by atoms with van der Waals surface area (Å²) in [6.45, 7) is 4.63. The summed E-state index contributed by atoms with van der Waals surface area (Å²) in [7, 11) is 0. The van der Waals surface area contributed by atoms with Gasteiger partial charge >= 0.3 is 0 Å². The average Bonchev–Trinajstić information content (AvgIpc) is 2.98. The predicted molar refractivity (Wildman–Crippen MR) is 103 cm³/mol. The minimum atomic E-state index is 0.275. The second-order valence-corrected chi connectivity index (χ2v) is 8.89. The van der Waals surface area contributed by atoms with Gasteiger partial charge in [-0.2, -0.15) is 0 Å². The van der Waals surface area contributed by atoms with Crippen LogP contribution in [0, 0.1) is 17.3 Å². The molecule has 0 radical (unpaired) electrons. The number of hydrogen-bond acceptors (Lipinski definition) is 3. The highest BCUT2D eigenvalue weighted by atomic mass is 32.2. The third-order valence-corrected chi connectivity index (χ3v) is 6.70. The first kappa shape index (κ1) is 16.7. The van der Waals surface area contributed by atoms with Crippen molar-refractivity contribution in [3.63, 3.8) is 0 Å². The van der Waals surface area contributed by atoms with E-state index in [0.717, 1.165) is 36.3 Å². The highest BCUT2D eigenvalue weighted by molar-refractivity contribution is 8.14. The van der Waals surface area contributed by atoms with E-state index >= 15 is 0 Å². The van der Waals surface area contributed by atoms with Gasteiger partial charge in [0, 0.05) is 17.7 Å². The molecule has 0 bridgehead atoms. The van der Waals surface area contributed by atoms with Crippen LogP contribution in [0.25, 0.3) is 0 Å². The number of rotatable bonds is 5. The van der Waals surface area contributed by atoms with Crippen LogP contribution >= 0.6 is 11.8 Å². The summed E-state index contributed by atoms with van der Waals surface area (Å²) < 4.78 is 5.78. The van der Waals surface area contributed by atoms with E-state index in [4.69, 9.17) is 4.42 Å². The van der Waals surface area contributed by atoms with Crippen molar-refractivity contribution >= 4 is 16.9 Å². The van der Waals surface area contributed by atoms with E-state index in [9.17, 15) is 4.79 Å². The molecule has 1 aliphatic carbocycles. The molecule has 2 aromatic rings. The number of carbonyl (C=O) groups is 1. The zero-order valence-electron chi connectivity index (χ0n) is 14.8. The second-order valence-electron chi connectivity index (χ2n) is 7.82. The van der Waals surface area contributed by atoms with Crippen molar-refractivity contribution in [2.45, 2.75) is 33.1 Å². The molecule has 1 aliphatic heterocycles. The Morgan fingerprint density at radius 1 is 1.24 bits per heavy atom. The van der Waals surface area contributed by atoms with Crippen molar-refractivity contribution in [2.24, 2.45) is 17.3 Å². The van der Waals surface area contributed by atoms with Crippen molar-refractivity contribution in [1.29, 1.82) is 0 Å². The third-order valence-electron chi connectivity index (χ3n) is 5.77. The summed E-state index contributed by atoms with van der Waals surface area (Å²) >= 11 is 1.46. The lowest BCUT2D eigenvalue weighted by Gasteiger charge is -2.00. The maximum atomic E-state index is 11.9. The van der Waals surface area contributed by atoms with Crippen molar-refractivity contribution < 1.29 is 9.21 Å².